The van der Waals surface area contributed by atoms with Crippen LogP contribution in [0.5, 0.6) is 0 Å². The first kappa shape index (κ1) is 11.7. The lowest BCUT2D eigenvalue weighted by molar-refractivity contribution is 0.369. The van der Waals surface area contributed by atoms with E-state index >= 15 is 0 Å². The summed E-state index contributed by atoms with van der Waals surface area (Å²) in [6.45, 7) is 9.20. The average Bonchev–Trinajstić information content (AvgIpc) is 2.15. The van der Waals surface area contributed by atoms with Crippen LogP contribution in [0.25, 0.3) is 0 Å². The maximum absolute atomic E-state index is 3.45. The Bertz CT molecular complexity index is 404. The molecule has 1 aliphatic carbocycles. The summed E-state index contributed by atoms with van der Waals surface area (Å²) in [7, 11) is 2.07. The third-order valence-corrected chi connectivity index (χ3v) is 3.97. The van der Waals surface area contributed by atoms with E-state index in [1.165, 1.54) is 29.5 Å². The molecule has 0 spiro atoms. The first-order valence-electron chi connectivity index (χ1n) is 6.24. The van der Waals surface area contributed by atoms with Gasteiger partial charge in [-0.15, -0.1) is 0 Å². The third-order valence-electron chi connectivity index (χ3n) is 3.97. The second-order valence-electron chi connectivity index (χ2n) is 5.81. The van der Waals surface area contributed by atoms with Crippen LogP contribution >= 0.6 is 0 Å². The van der Waals surface area contributed by atoms with Gasteiger partial charge in [0.1, 0.15) is 0 Å². The molecule has 0 bridgehead atoms. The van der Waals surface area contributed by atoms with Crippen molar-refractivity contribution in [2.75, 3.05) is 7.05 Å². The largest absolute Gasteiger partial charge is 0.313 e. The SMILES string of the molecule is CNC1CCC(C)(C)c2c(C)cc(C)cc21. The molecule has 2 rings (SSSR count). The molecule has 16 heavy (non-hydrogen) atoms. The van der Waals surface area contributed by atoms with Crippen molar-refractivity contribution in [2.24, 2.45) is 0 Å². The van der Waals surface area contributed by atoms with Crippen molar-refractivity contribution < 1.29 is 0 Å². The van der Waals surface area contributed by atoms with Crippen LogP contribution in [0.3, 0.4) is 0 Å². The Kier molecular flexibility index (Phi) is 2.83. The van der Waals surface area contributed by atoms with Crippen LogP contribution in [0.4, 0.5) is 0 Å². The smallest absolute Gasteiger partial charge is 0.0320 e. The zero-order valence-electron chi connectivity index (χ0n) is 11.1. The van der Waals surface area contributed by atoms with E-state index in [2.05, 4.69) is 52.2 Å². The summed E-state index contributed by atoms with van der Waals surface area (Å²) in [5, 5.41) is 3.45. The van der Waals surface area contributed by atoms with Crippen LogP contribution in [0, 0.1) is 13.8 Å². The highest BCUT2D eigenvalue weighted by Gasteiger charge is 2.33. The van der Waals surface area contributed by atoms with Gasteiger partial charge in [0.05, 0.1) is 0 Å². The van der Waals surface area contributed by atoms with Gasteiger partial charge >= 0.3 is 0 Å². The van der Waals surface area contributed by atoms with Crippen molar-refractivity contribution in [3.63, 3.8) is 0 Å². The molecular weight excluding hydrogens is 194 g/mol. The van der Waals surface area contributed by atoms with E-state index in [1.54, 1.807) is 5.56 Å². The Labute approximate surface area is 99.3 Å². The Hall–Kier alpha value is -0.820. The van der Waals surface area contributed by atoms with Crippen LogP contribution in [0.1, 0.15) is 55.0 Å². The highest BCUT2D eigenvalue weighted by atomic mass is 14.9. The molecule has 0 aliphatic heterocycles. The van der Waals surface area contributed by atoms with E-state index in [9.17, 15) is 0 Å². The number of fused-ring (bicyclic) bond motifs is 1. The maximum Gasteiger partial charge on any atom is 0.0320 e. The van der Waals surface area contributed by atoms with Gasteiger partial charge in [0, 0.05) is 6.04 Å². The van der Waals surface area contributed by atoms with Crippen LogP contribution in [0.15, 0.2) is 12.1 Å². The van der Waals surface area contributed by atoms with E-state index in [4.69, 9.17) is 0 Å². The molecule has 1 aliphatic rings. The van der Waals surface area contributed by atoms with Gasteiger partial charge < -0.3 is 5.32 Å². The first-order valence-corrected chi connectivity index (χ1v) is 6.24. The van der Waals surface area contributed by atoms with Gasteiger partial charge in [0.15, 0.2) is 0 Å². The molecule has 0 saturated carbocycles. The van der Waals surface area contributed by atoms with Crippen LogP contribution in [-0.2, 0) is 5.41 Å². The molecule has 0 heterocycles. The van der Waals surface area contributed by atoms with Gasteiger partial charge in [-0.3, -0.25) is 0 Å². The minimum absolute atomic E-state index is 0.334. The number of hydrogen-bond donors (Lipinski definition) is 1. The maximum atomic E-state index is 3.45. The monoisotopic (exact) mass is 217 g/mol. The number of nitrogens with one attached hydrogen (secondary N) is 1. The van der Waals surface area contributed by atoms with Gasteiger partial charge in [-0.05, 0) is 55.8 Å². The Balaban J connectivity index is 2.64. The van der Waals surface area contributed by atoms with Gasteiger partial charge in [0.2, 0.25) is 0 Å². The van der Waals surface area contributed by atoms with E-state index in [0.29, 0.717) is 11.5 Å². The quantitative estimate of drug-likeness (QED) is 0.757. The highest BCUT2D eigenvalue weighted by molar-refractivity contribution is 5.46. The van der Waals surface area contributed by atoms with Crippen LogP contribution < -0.4 is 5.32 Å². The third kappa shape index (κ3) is 1.78. The van der Waals surface area contributed by atoms with Crippen molar-refractivity contribution in [3.8, 4) is 0 Å². The van der Waals surface area contributed by atoms with E-state index < -0.39 is 0 Å². The van der Waals surface area contributed by atoms with Gasteiger partial charge in [-0.25, -0.2) is 0 Å². The molecule has 1 unspecified atom stereocenters. The molecular formula is C15H23N. The fraction of sp³-hybridized carbons (Fsp3) is 0.600. The number of benzene rings is 1. The normalized spacial score (nSPS) is 22.9. The molecule has 0 aromatic heterocycles. The zero-order chi connectivity index (χ0) is 11.9. The molecule has 1 aromatic carbocycles. The first-order chi connectivity index (χ1) is 7.45. The molecule has 88 valence electrons. The summed E-state index contributed by atoms with van der Waals surface area (Å²) in [4.78, 5) is 0. The molecule has 1 aromatic rings. The van der Waals surface area contributed by atoms with Crippen molar-refractivity contribution >= 4 is 0 Å². The molecule has 0 amide bonds. The summed E-state index contributed by atoms with van der Waals surface area (Å²) in [5.74, 6) is 0. The van der Waals surface area contributed by atoms with Crippen LogP contribution in [-0.4, -0.2) is 7.05 Å². The number of hydrogen-bond acceptors (Lipinski definition) is 1. The standard InChI is InChI=1S/C15H23N/c1-10-8-11(2)14-12(9-10)13(16-5)6-7-15(14,3)4/h8-9,13,16H,6-7H2,1-5H3. The topological polar surface area (TPSA) is 12.0 Å². The highest BCUT2D eigenvalue weighted by Crippen LogP contribution is 2.43. The Morgan fingerprint density at radius 3 is 2.56 bits per heavy atom. The zero-order valence-corrected chi connectivity index (χ0v) is 11.1. The summed E-state index contributed by atoms with van der Waals surface area (Å²) in [5.41, 5.74) is 6.27. The molecule has 0 radical (unpaired) electrons. The molecule has 1 N–H and O–H groups in total. The summed E-state index contributed by atoms with van der Waals surface area (Å²) in [6, 6.07) is 5.23. The van der Waals surface area contributed by atoms with Gasteiger partial charge in [-0.1, -0.05) is 31.5 Å². The summed E-state index contributed by atoms with van der Waals surface area (Å²) < 4.78 is 0. The molecule has 1 atom stereocenters. The molecule has 0 fully saturated rings. The fourth-order valence-electron chi connectivity index (χ4n) is 3.29. The van der Waals surface area contributed by atoms with Crippen molar-refractivity contribution in [3.05, 3.63) is 34.4 Å². The molecule has 1 heteroatoms. The number of rotatable bonds is 1. The minimum Gasteiger partial charge on any atom is -0.313 e. The predicted octanol–water partition coefficient (Wildman–Crippen LogP) is 3.64. The van der Waals surface area contributed by atoms with Crippen molar-refractivity contribution in [1.29, 1.82) is 0 Å². The lowest BCUT2D eigenvalue weighted by Gasteiger charge is -2.38. The van der Waals surface area contributed by atoms with Crippen molar-refractivity contribution in [2.45, 2.75) is 52.0 Å². The fourth-order valence-corrected chi connectivity index (χ4v) is 3.29. The lowest BCUT2D eigenvalue weighted by Crippen LogP contribution is -2.32. The predicted molar refractivity (Wildman–Crippen MR) is 70.0 cm³/mol. The second-order valence-corrected chi connectivity index (χ2v) is 5.81. The molecule has 0 saturated heterocycles. The summed E-state index contributed by atoms with van der Waals surface area (Å²) >= 11 is 0. The summed E-state index contributed by atoms with van der Waals surface area (Å²) in [6.07, 6.45) is 2.52. The van der Waals surface area contributed by atoms with E-state index in [0.717, 1.165) is 0 Å². The molecule has 1 nitrogen and oxygen atoms in total. The average molecular weight is 217 g/mol. The Morgan fingerprint density at radius 1 is 1.25 bits per heavy atom. The van der Waals surface area contributed by atoms with E-state index in [-0.39, 0.29) is 0 Å². The minimum atomic E-state index is 0.334. The van der Waals surface area contributed by atoms with E-state index in [1.807, 2.05) is 0 Å². The number of aryl methyl sites for hydroxylation is 2. The van der Waals surface area contributed by atoms with Gasteiger partial charge in [0.25, 0.3) is 0 Å². The Morgan fingerprint density at radius 2 is 1.94 bits per heavy atom. The van der Waals surface area contributed by atoms with Crippen LogP contribution in [0.2, 0.25) is 0 Å². The van der Waals surface area contributed by atoms with Crippen molar-refractivity contribution in [1.82, 2.24) is 5.32 Å². The van der Waals surface area contributed by atoms with Gasteiger partial charge in [-0.2, -0.15) is 0 Å². The second kappa shape index (κ2) is 3.89. The lowest BCUT2D eigenvalue weighted by atomic mass is 9.69.